The number of rotatable bonds is 7. The highest BCUT2D eigenvalue weighted by Gasteiger charge is 2.32. The number of nitrogens with one attached hydrogen (secondary N) is 1. The molecule has 3 aromatic rings. The second-order valence-electron chi connectivity index (χ2n) is 8.86. The molecule has 0 radical (unpaired) electrons. The zero-order valence-electron chi connectivity index (χ0n) is 19.6. The lowest BCUT2D eigenvalue weighted by atomic mass is 9.99. The van der Waals surface area contributed by atoms with Crippen LogP contribution in [-0.4, -0.2) is 36.2 Å². The monoisotopic (exact) mass is 609 g/mol. The van der Waals surface area contributed by atoms with Gasteiger partial charge in [-0.3, -0.25) is 9.78 Å². The highest BCUT2D eigenvalue weighted by Crippen LogP contribution is 2.30. The maximum Gasteiger partial charge on any atom is 0.252 e. The van der Waals surface area contributed by atoms with Gasteiger partial charge in [0.25, 0.3) is 5.91 Å². The largest absolute Gasteiger partial charge is 0.345 e. The molecule has 1 aliphatic heterocycles. The Bertz CT molecular complexity index is 1360. The second kappa shape index (κ2) is 11.6. The molecule has 2 atom stereocenters. The third-order valence-electron chi connectivity index (χ3n) is 6.37. The first-order valence-electron chi connectivity index (χ1n) is 11.6. The average molecular weight is 611 g/mol. The zero-order chi connectivity index (χ0) is 25.9. The number of carbonyl (C=O) groups excluding carboxylic acids is 1. The van der Waals surface area contributed by atoms with Crippen molar-refractivity contribution < 1.29 is 13.2 Å². The van der Waals surface area contributed by atoms with E-state index < -0.39 is 22.0 Å². The standard InChI is InChI=1S/C26H26BrCl2N3O3S/c1-17-4-2-3-13-32(17)36(34,35)20-6-7-22(27)21(16-20)26(33)31-25(14-18-9-11-30-12-10-18)19-5-8-23(28)24(29)15-19/h5-12,15-17,25H,2-4,13-14H2,1H3,(H,31,33). The summed E-state index contributed by atoms with van der Waals surface area (Å²) in [4.78, 5) is 17.6. The Morgan fingerprint density at radius 3 is 2.56 bits per heavy atom. The van der Waals surface area contributed by atoms with Gasteiger partial charge in [0.1, 0.15) is 0 Å². The lowest BCUT2D eigenvalue weighted by Crippen LogP contribution is -2.42. The van der Waals surface area contributed by atoms with Crippen LogP contribution in [0.1, 0.15) is 53.7 Å². The number of amides is 1. The molecule has 1 fully saturated rings. The average Bonchev–Trinajstić information content (AvgIpc) is 2.86. The van der Waals surface area contributed by atoms with Crippen molar-refractivity contribution in [3.63, 3.8) is 0 Å². The van der Waals surface area contributed by atoms with Gasteiger partial charge < -0.3 is 5.32 Å². The summed E-state index contributed by atoms with van der Waals surface area (Å²) in [7, 11) is -3.73. The Morgan fingerprint density at radius 1 is 1.11 bits per heavy atom. The number of halogens is 3. The molecule has 0 bridgehead atoms. The van der Waals surface area contributed by atoms with Crippen LogP contribution in [0.5, 0.6) is 0 Å². The molecule has 1 amide bonds. The molecule has 0 saturated carbocycles. The summed E-state index contributed by atoms with van der Waals surface area (Å²) < 4.78 is 28.8. The summed E-state index contributed by atoms with van der Waals surface area (Å²) >= 11 is 15.8. The van der Waals surface area contributed by atoms with Crippen LogP contribution in [0.15, 0.2) is 70.3 Å². The predicted molar refractivity (Wildman–Crippen MR) is 146 cm³/mol. The van der Waals surface area contributed by atoms with Gasteiger partial charge in [-0.25, -0.2) is 8.42 Å². The van der Waals surface area contributed by atoms with Gasteiger partial charge in [-0.1, -0.05) is 35.7 Å². The minimum Gasteiger partial charge on any atom is -0.345 e. The summed E-state index contributed by atoms with van der Waals surface area (Å²) in [5.41, 5.74) is 1.98. The van der Waals surface area contributed by atoms with Crippen molar-refractivity contribution in [1.82, 2.24) is 14.6 Å². The van der Waals surface area contributed by atoms with E-state index in [0.29, 0.717) is 27.5 Å². The van der Waals surface area contributed by atoms with E-state index in [1.165, 1.54) is 16.4 Å². The van der Waals surface area contributed by atoms with Crippen LogP contribution in [0, 0.1) is 0 Å². The van der Waals surface area contributed by atoms with Crippen molar-refractivity contribution in [2.75, 3.05) is 6.54 Å². The topological polar surface area (TPSA) is 79.4 Å². The van der Waals surface area contributed by atoms with E-state index in [9.17, 15) is 13.2 Å². The molecule has 2 unspecified atom stereocenters. The molecule has 0 spiro atoms. The van der Waals surface area contributed by atoms with E-state index in [1.54, 1.807) is 30.6 Å². The van der Waals surface area contributed by atoms with Gasteiger partial charge in [0.2, 0.25) is 10.0 Å². The molecule has 0 aliphatic carbocycles. The van der Waals surface area contributed by atoms with Crippen molar-refractivity contribution in [2.24, 2.45) is 0 Å². The van der Waals surface area contributed by atoms with Gasteiger partial charge in [0.05, 0.1) is 26.5 Å². The molecule has 36 heavy (non-hydrogen) atoms. The van der Waals surface area contributed by atoms with E-state index in [1.807, 2.05) is 25.1 Å². The molecule has 2 heterocycles. The first-order chi connectivity index (χ1) is 17.2. The molecule has 1 N–H and O–H groups in total. The normalized spacial score (nSPS) is 17.5. The molecule has 4 rings (SSSR count). The molecule has 190 valence electrons. The van der Waals surface area contributed by atoms with Crippen LogP contribution in [0.4, 0.5) is 0 Å². The number of sulfonamides is 1. The lowest BCUT2D eigenvalue weighted by molar-refractivity contribution is 0.0935. The van der Waals surface area contributed by atoms with E-state index in [0.717, 1.165) is 30.4 Å². The van der Waals surface area contributed by atoms with E-state index in [-0.39, 0.29) is 16.5 Å². The number of hydrogen-bond acceptors (Lipinski definition) is 4. The third kappa shape index (κ3) is 6.11. The van der Waals surface area contributed by atoms with Crippen molar-refractivity contribution in [1.29, 1.82) is 0 Å². The molecule has 2 aromatic carbocycles. The van der Waals surface area contributed by atoms with Crippen molar-refractivity contribution >= 4 is 55.1 Å². The molecule has 1 aromatic heterocycles. The quantitative estimate of drug-likeness (QED) is 0.334. The molecular weight excluding hydrogens is 585 g/mol. The molecule has 1 saturated heterocycles. The molecule has 1 aliphatic rings. The fourth-order valence-corrected chi connectivity index (χ4v) is 6.83. The molecular formula is C26H26BrCl2N3O3S. The number of piperidine rings is 1. The maximum atomic E-state index is 13.5. The van der Waals surface area contributed by atoms with Crippen LogP contribution >= 0.6 is 39.1 Å². The van der Waals surface area contributed by atoms with E-state index in [2.05, 4.69) is 26.2 Å². The summed E-state index contributed by atoms with van der Waals surface area (Å²) in [6, 6.07) is 13.0. The highest BCUT2D eigenvalue weighted by atomic mass is 79.9. The van der Waals surface area contributed by atoms with Crippen molar-refractivity contribution in [3.05, 3.63) is 92.1 Å². The highest BCUT2D eigenvalue weighted by molar-refractivity contribution is 9.10. The van der Waals surface area contributed by atoms with Crippen molar-refractivity contribution in [2.45, 2.75) is 49.6 Å². The Kier molecular flexibility index (Phi) is 8.73. The Hall–Kier alpha value is -1.97. The van der Waals surface area contributed by atoms with Crippen molar-refractivity contribution in [3.8, 4) is 0 Å². The van der Waals surface area contributed by atoms with Crippen LogP contribution < -0.4 is 5.32 Å². The van der Waals surface area contributed by atoms with Crippen LogP contribution in [0.2, 0.25) is 10.0 Å². The number of aromatic nitrogens is 1. The van der Waals surface area contributed by atoms with Gasteiger partial charge in [0, 0.05) is 29.5 Å². The molecule has 6 nitrogen and oxygen atoms in total. The lowest BCUT2D eigenvalue weighted by Gasteiger charge is -2.32. The Morgan fingerprint density at radius 2 is 1.86 bits per heavy atom. The van der Waals surface area contributed by atoms with Gasteiger partial charge in [-0.2, -0.15) is 4.31 Å². The number of nitrogens with zero attached hydrogens (tertiary/aromatic N) is 2. The van der Waals surface area contributed by atoms with E-state index in [4.69, 9.17) is 23.2 Å². The zero-order valence-corrected chi connectivity index (χ0v) is 23.5. The van der Waals surface area contributed by atoms with Crippen LogP contribution in [0.25, 0.3) is 0 Å². The Balaban J connectivity index is 1.65. The Labute approximate surface area is 230 Å². The fourth-order valence-electron chi connectivity index (χ4n) is 4.37. The minimum atomic E-state index is -3.73. The van der Waals surface area contributed by atoms with Gasteiger partial charge in [-0.15, -0.1) is 0 Å². The number of pyridine rings is 1. The first-order valence-corrected chi connectivity index (χ1v) is 14.6. The summed E-state index contributed by atoms with van der Waals surface area (Å²) in [5, 5.41) is 3.85. The first kappa shape index (κ1) is 27.1. The van der Waals surface area contributed by atoms with Gasteiger partial charge >= 0.3 is 0 Å². The SMILES string of the molecule is CC1CCCCN1S(=O)(=O)c1ccc(Br)c(C(=O)NC(Cc2ccncc2)c2ccc(Cl)c(Cl)c2)c1. The maximum absolute atomic E-state index is 13.5. The van der Waals surface area contributed by atoms with E-state index >= 15 is 0 Å². The summed E-state index contributed by atoms with van der Waals surface area (Å²) in [5.74, 6) is -0.407. The predicted octanol–water partition coefficient (Wildman–Crippen LogP) is 6.43. The smallest absolute Gasteiger partial charge is 0.252 e. The minimum absolute atomic E-state index is 0.0796. The number of carbonyl (C=O) groups is 1. The van der Waals surface area contributed by atoms with Gasteiger partial charge in [-0.05, 0) is 95.7 Å². The molecule has 10 heteroatoms. The summed E-state index contributed by atoms with van der Waals surface area (Å²) in [6.07, 6.45) is 6.52. The van der Waals surface area contributed by atoms with Gasteiger partial charge in [0.15, 0.2) is 0 Å². The third-order valence-corrected chi connectivity index (χ3v) is 9.81. The van der Waals surface area contributed by atoms with Crippen LogP contribution in [-0.2, 0) is 16.4 Å². The van der Waals surface area contributed by atoms with Crippen LogP contribution in [0.3, 0.4) is 0 Å². The number of hydrogen-bond donors (Lipinski definition) is 1. The fraction of sp³-hybridized carbons (Fsp3) is 0.308. The number of benzene rings is 2. The second-order valence-corrected chi connectivity index (χ2v) is 12.4. The summed E-state index contributed by atoms with van der Waals surface area (Å²) in [6.45, 7) is 2.40.